The Bertz CT molecular complexity index is 861. The van der Waals surface area contributed by atoms with E-state index in [1.54, 1.807) is 6.07 Å². The SMILES string of the molecule is CC1CN(S(=O)(=O)c2ccc(OCC(=O)O)cc2)c2ccccc21. The topological polar surface area (TPSA) is 83.9 Å². The maximum atomic E-state index is 12.9. The zero-order chi connectivity index (χ0) is 17.3. The Kier molecular flexibility index (Phi) is 4.19. The van der Waals surface area contributed by atoms with Gasteiger partial charge in [-0.1, -0.05) is 25.1 Å². The Balaban J connectivity index is 1.88. The lowest BCUT2D eigenvalue weighted by atomic mass is 10.0. The van der Waals surface area contributed by atoms with Crippen LogP contribution in [0, 0.1) is 0 Å². The standard InChI is InChI=1S/C17H17NO5S/c1-12-10-18(16-5-3-2-4-15(12)16)24(21,22)14-8-6-13(7-9-14)23-11-17(19)20/h2-9,12H,10-11H2,1H3,(H,19,20). The summed E-state index contributed by atoms with van der Waals surface area (Å²) in [5, 5.41) is 8.59. The summed E-state index contributed by atoms with van der Waals surface area (Å²) in [7, 11) is -3.67. The molecule has 0 aromatic heterocycles. The molecule has 1 N–H and O–H groups in total. The van der Waals surface area contributed by atoms with Crippen LogP contribution in [0.1, 0.15) is 18.4 Å². The Morgan fingerprint density at radius 3 is 2.54 bits per heavy atom. The van der Waals surface area contributed by atoms with E-state index in [2.05, 4.69) is 0 Å². The first-order valence-electron chi connectivity index (χ1n) is 7.46. The van der Waals surface area contributed by atoms with E-state index in [0.717, 1.165) is 5.56 Å². The van der Waals surface area contributed by atoms with Crippen LogP contribution in [-0.4, -0.2) is 32.6 Å². The monoisotopic (exact) mass is 347 g/mol. The molecule has 0 amide bonds. The number of aliphatic carboxylic acids is 1. The first kappa shape index (κ1) is 16.3. The molecule has 1 heterocycles. The van der Waals surface area contributed by atoms with Crippen molar-refractivity contribution in [3.63, 3.8) is 0 Å². The van der Waals surface area contributed by atoms with Crippen molar-refractivity contribution < 1.29 is 23.1 Å². The number of ether oxygens (including phenoxy) is 1. The molecule has 0 aliphatic carbocycles. The van der Waals surface area contributed by atoms with Crippen LogP contribution in [0.4, 0.5) is 5.69 Å². The smallest absolute Gasteiger partial charge is 0.341 e. The Morgan fingerprint density at radius 2 is 1.88 bits per heavy atom. The van der Waals surface area contributed by atoms with Crippen LogP contribution in [0.15, 0.2) is 53.4 Å². The molecule has 2 aromatic rings. The minimum absolute atomic E-state index is 0.133. The van der Waals surface area contributed by atoms with Gasteiger partial charge in [-0.2, -0.15) is 0 Å². The molecule has 1 aliphatic rings. The number of hydrogen-bond donors (Lipinski definition) is 1. The fourth-order valence-electron chi connectivity index (χ4n) is 2.78. The van der Waals surface area contributed by atoms with Crippen molar-refractivity contribution in [3.05, 3.63) is 54.1 Å². The normalized spacial score (nSPS) is 16.7. The largest absolute Gasteiger partial charge is 0.482 e. The molecule has 1 atom stereocenters. The lowest BCUT2D eigenvalue weighted by molar-refractivity contribution is -0.139. The van der Waals surface area contributed by atoms with E-state index < -0.39 is 22.6 Å². The lowest BCUT2D eigenvalue weighted by Crippen LogP contribution is -2.29. The molecular weight excluding hydrogens is 330 g/mol. The summed E-state index contributed by atoms with van der Waals surface area (Å²) in [5.74, 6) is -0.643. The summed E-state index contributed by atoms with van der Waals surface area (Å²) >= 11 is 0. The molecule has 0 spiro atoms. The van der Waals surface area contributed by atoms with Crippen molar-refractivity contribution in [3.8, 4) is 5.75 Å². The highest BCUT2D eigenvalue weighted by molar-refractivity contribution is 7.92. The maximum absolute atomic E-state index is 12.9. The fourth-order valence-corrected chi connectivity index (χ4v) is 4.36. The number of sulfonamides is 1. The lowest BCUT2D eigenvalue weighted by Gasteiger charge is -2.20. The molecule has 0 radical (unpaired) electrons. The Morgan fingerprint density at radius 1 is 1.21 bits per heavy atom. The predicted octanol–water partition coefficient (Wildman–Crippen LogP) is 2.46. The number of benzene rings is 2. The van der Waals surface area contributed by atoms with Crippen LogP contribution in [0.5, 0.6) is 5.75 Å². The van der Waals surface area contributed by atoms with Crippen molar-refractivity contribution in [2.24, 2.45) is 0 Å². The highest BCUT2D eigenvalue weighted by atomic mass is 32.2. The summed E-state index contributed by atoms with van der Waals surface area (Å²) in [6, 6.07) is 13.3. The van der Waals surface area contributed by atoms with E-state index in [1.807, 2.05) is 25.1 Å². The molecule has 0 fully saturated rings. The van der Waals surface area contributed by atoms with Crippen molar-refractivity contribution in [1.82, 2.24) is 0 Å². The number of rotatable bonds is 5. The second-order valence-corrected chi connectivity index (χ2v) is 7.51. The molecule has 2 aromatic carbocycles. The molecule has 126 valence electrons. The van der Waals surface area contributed by atoms with Crippen LogP contribution >= 0.6 is 0 Å². The van der Waals surface area contributed by atoms with Gasteiger partial charge in [-0.05, 0) is 35.9 Å². The first-order valence-corrected chi connectivity index (χ1v) is 8.90. The van der Waals surface area contributed by atoms with E-state index >= 15 is 0 Å². The van der Waals surface area contributed by atoms with Crippen molar-refractivity contribution in [1.29, 1.82) is 0 Å². The van der Waals surface area contributed by atoms with Gasteiger partial charge in [0.1, 0.15) is 5.75 Å². The van der Waals surface area contributed by atoms with Crippen LogP contribution in [0.2, 0.25) is 0 Å². The molecule has 0 bridgehead atoms. The molecular formula is C17H17NO5S. The van der Waals surface area contributed by atoms with Crippen molar-refractivity contribution in [2.45, 2.75) is 17.7 Å². The summed E-state index contributed by atoms with van der Waals surface area (Å²) in [6.45, 7) is 1.93. The van der Waals surface area contributed by atoms with Crippen molar-refractivity contribution >= 4 is 21.7 Å². The second-order valence-electron chi connectivity index (χ2n) is 5.65. The number of fused-ring (bicyclic) bond motifs is 1. The molecule has 3 rings (SSSR count). The van der Waals surface area contributed by atoms with Crippen molar-refractivity contribution in [2.75, 3.05) is 17.5 Å². The first-order chi connectivity index (χ1) is 11.4. The summed E-state index contributed by atoms with van der Waals surface area (Å²) in [6.07, 6.45) is 0. The second kappa shape index (κ2) is 6.16. The van der Waals surface area contributed by atoms with Crippen LogP contribution in [0.3, 0.4) is 0 Å². The third-order valence-corrected chi connectivity index (χ3v) is 5.74. The predicted molar refractivity (Wildman–Crippen MR) is 89.0 cm³/mol. The molecule has 1 aliphatic heterocycles. The van der Waals surface area contributed by atoms with Gasteiger partial charge in [-0.25, -0.2) is 13.2 Å². The summed E-state index contributed by atoms with van der Waals surface area (Å²) in [5.41, 5.74) is 1.72. The summed E-state index contributed by atoms with van der Waals surface area (Å²) in [4.78, 5) is 10.6. The minimum atomic E-state index is -3.67. The number of carboxylic acid groups (broad SMARTS) is 1. The molecule has 6 nitrogen and oxygen atoms in total. The van der Waals surface area contributed by atoms with E-state index in [-0.39, 0.29) is 10.8 Å². The van der Waals surface area contributed by atoms with Gasteiger partial charge < -0.3 is 9.84 Å². The zero-order valence-electron chi connectivity index (χ0n) is 13.0. The molecule has 0 saturated heterocycles. The van der Waals surface area contributed by atoms with Gasteiger partial charge in [0.15, 0.2) is 6.61 Å². The van der Waals surface area contributed by atoms with Gasteiger partial charge in [-0.15, -0.1) is 0 Å². The van der Waals surface area contributed by atoms with Gasteiger partial charge in [-0.3, -0.25) is 4.31 Å². The number of nitrogens with zero attached hydrogens (tertiary/aromatic N) is 1. The van der Waals surface area contributed by atoms with Gasteiger partial charge in [0, 0.05) is 12.5 Å². The number of carbonyl (C=O) groups is 1. The third-order valence-electron chi connectivity index (χ3n) is 3.95. The molecule has 0 saturated carbocycles. The quantitative estimate of drug-likeness (QED) is 0.898. The number of hydrogen-bond acceptors (Lipinski definition) is 4. The minimum Gasteiger partial charge on any atom is -0.482 e. The molecule has 7 heteroatoms. The number of para-hydroxylation sites is 1. The van der Waals surface area contributed by atoms with Gasteiger partial charge in [0.2, 0.25) is 0 Å². The molecule has 1 unspecified atom stereocenters. The van der Waals surface area contributed by atoms with Gasteiger partial charge in [0.25, 0.3) is 10.0 Å². The zero-order valence-corrected chi connectivity index (χ0v) is 13.9. The highest BCUT2D eigenvalue weighted by Crippen LogP contribution is 2.39. The highest BCUT2D eigenvalue weighted by Gasteiger charge is 2.34. The van der Waals surface area contributed by atoms with E-state index in [0.29, 0.717) is 18.0 Å². The average Bonchev–Trinajstić information content (AvgIpc) is 2.91. The van der Waals surface area contributed by atoms with E-state index in [1.165, 1.54) is 28.6 Å². The van der Waals surface area contributed by atoms with E-state index in [4.69, 9.17) is 9.84 Å². The van der Waals surface area contributed by atoms with Crippen LogP contribution in [-0.2, 0) is 14.8 Å². The number of carboxylic acids is 1. The van der Waals surface area contributed by atoms with E-state index in [9.17, 15) is 13.2 Å². The third kappa shape index (κ3) is 2.94. The van der Waals surface area contributed by atoms with Crippen LogP contribution in [0.25, 0.3) is 0 Å². The van der Waals surface area contributed by atoms with Crippen LogP contribution < -0.4 is 9.04 Å². The van der Waals surface area contributed by atoms with Gasteiger partial charge >= 0.3 is 5.97 Å². The Hall–Kier alpha value is -2.54. The van der Waals surface area contributed by atoms with Gasteiger partial charge in [0.05, 0.1) is 10.6 Å². The Labute approximate surface area is 140 Å². The fraction of sp³-hybridized carbons (Fsp3) is 0.235. The molecule has 24 heavy (non-hydrogen) atoms. The maximum Gasteiger partial charge on any atom is 0.341 e. The number of anilines is 1. The summed E-state index contributed by atoms with van der Waals surface area (Å²) < 4.78 is 32.3. The average molecular weight is 347 g/mol.